The standard InChI is InChI=1S/C16H10ClN5OS/c17-11-7-3-1-5-9(11)15-21-22-16(24-15)18-14(23)13-10-6-2-4-8-12(10)19-20-13/h1-8H,(H,19,20)(H,18,22,23). The number of hydrogen-bond donors (Lipinski definition) is 2. The summed E-state index contributed by atoms with van der Waals surface area (Å²) in [6.07, 6.45) is 0. The molecule has 0 spiro atoms. The Balaban J connectivity index is 1.60. The van der Waals surface area contributed by atoms with Crippen molar-refractivity contribution >= 4 is 44.9 Å². The number of rotatable bonds is 3. The van der Waals surface area contributed by atoms with Crippen LogP contribution in [-0.4, -0.2) is 26.3 Å². The summed E-state index contributed by atoms with van der Waals surface area (Å²) in [5, 5.41) is 20.1. The van der Waals surface area contributed by atoms with Crippen molar-refractivity contribution in [2.75, 3.05) is 5.32 Å². The molecule has 0 aliphatic heterocycles. The van der Waals surface area contributed by atoms with Crippen molar-refractivity contribution < 1.29 is 4.79 Å². The van der Waals surface area contributed by atoms with E-state index in [0.29, 0.717) is 20.9 Å². The first-order chi connectivity index (χ1) is 11.7. The Labute approximate surface area is 145 Å². The van der Waals surface area contributed by atoms with E-state index in [0.717, 1.165) is 16.5 Å². The van der Waals surface area contributed by atoms with Crippen LogP contribution < -0.4 is 5.32 Å². The molecule has 24 heavy (non-hydrogen) atoms. The zero-order valence-electron chi connectivity index (χ0n) is 12.2. The summed E-state index contributed by atoms with van der Waals surface area (Å²) in [6.45, 7) is 0. The lowest BCUT2D eigenvalue weighted by Gasteiger charge is -1.98. The van der Waals surface area contributed by atoms with Crippen LogP contribution in [0.3, 0.4) is 0 Å². The van der Waals surface area contributed by atoms with Crippen molar-refractivity contribution in [1.29, 1.82) is 0 Å². The monoisotopic (exact) mass is 355 g/mol. The minimum absolute atomic E-state index is 0.320. The van der Waals surface area contributed by atoms with Crippen LogP contribution in [0.2, 0.25) is 5.02 Å². The number of anilines is 1. The van der Waals surface area contributed by atoms with Crippen LogP contribution in [0.5, 0.6) is 0 Å². The Kier molecular flexibility index (Phi) is 3.72. The highest BCUT2D eigenvalue weighted by molar-refractivity contribution is 7.18. The van der Waals surface area contributed by atoms with Crippen molar-refractivity contribution in [3.05, 3.63) is 59.2 Å². The summed E-state index contributed by atoms with van der Waals surface area (Å²) < 4.78 is 0. The number of aromatic nitrogens is 4. The molecule has 0 saturated carbocycles. The number of halogens is 1. The molecule has 6 nitrogen and oxygen atoms in total. The fraction of sp³-hybridized carbons (Fsp3) is 0. The molecular formula is C16H10ClN5OS. The molecule has 4 rings (SSSR count). The number of nitrogens with zero attached hydrogens (tertiary/aromatic N) is 3. The van der Waals surface area contributed by atoms with E-state index < -0.39 is 0 Å². The molecule has 118 valence electrons. The van der Waals surface area contributed by atoms with Crippen LogP contribution in [0.25, 0.3) is 21.5 Å². The average molecular weight is 356 g/mol. The van der Waals surface area contributed by atoms with Crippen LogP contribution in [0.1, 0.15) is 10.5 Å². The van der Waals surface area contributed by atoms with Crippen molar-refractivity contribution in [2.45, 2.75) is 0 Å². The first-order valence-corrected chi connectivity index (χ1v) is 8.24. The first kappa shape index (κ1) is 14.8. The van der Waals surface area contributed by atoms with Crippen LogP contribution in [0, 0.1) is 0 Å². The maximum absolute atomic E-state index is 12.4. The number of hydrogen-bond acceptors (Lipinski definition) is 5. The van der Waals surface area contributed by atoms with E-state index in [4.69, 9.17) is 11.6 Å². The predicted molar refractivity (Wildman–Crippen MR) is 94.4 cm³/mol. The summed E-state index contributed by atoms with van der Waals surface area (Å²) in [5.41, 5.74) is 1.90. The van der Waals surface area contributed by atoms with E-state index >= 15 is 0 Å². The molecule has 0 saturated heterocycles. The third kappa shape index (κ3) is 2.64. The highest BCUT2D eigenvalue weighted by atomic mass is 35.5. The molecule has 0 aliphatic rings. The largest absolute Gasteiger partial charge is 0.295 e. The van der Waals surface area contributed by atoms with Gasteiger partial charge in [0.05, 0.1) is 10.5 Å². The minimum Gasteiger partial charge on any atom is -0.295 e. The van der Waals surface area contributed by atoms with Gasteiger partial charge in [0.2, 0.25) is 5.13 Å². The smallest absolute Gasteiger partial charge is 0.278 e. The van der Waals surface area contributed by atoms with Crippen molar-refractivity contribution in [1.82, 2.24) is 20.4 Å². The Hall–Kier alpha value is -2.77. The van der Waals surface area contributed by atoms with Gasteiger partial charge >= 0.3 is 0 Å². The van der Waals surface area contributed by atoms with Gasteiger partial charge in [-0.3, -0.25) is 15.2 Å². The van der Waals surface area contributed by atoms with E-state index in [1.807, 2.05) is 42.5 Å². The molecule has 4 aromatic rings. The van der Waals surface area contributed by atoms with Gasteiger partial charge in [0.25, 0.3) is 5.91 Å². The molecular weight excluding hydrogens is 346 g/mol. The van der Waals surface area contributed by atoms with Gasteiger partial charge in [0, 0.05) is 10.9 Å². The van der Waals surface area contributed by atoms with Gasteiger partial charge in [-0.1, -0.05) is 59.3 Å². The quantitative estimate of drug-likeness (QED) is 0.582. The third-order valence-corrected chi connectivity index (χ3v) is 4.64. The number of aromatic amines is 1. The van der Waals surface area contributed by atoms with Crippen molar-refractivity contribution in [3.63, 3.8) is 0 Å². The minimum atomic E-state index is -0.339. The number of amides is 1. The molecule has 0 atom stereocenters. The fourth-order valence-electron chi connectivity index (χ4n) is 2.31. The number of H-pyrrole nitrogens is 1. The molecule has 0 bridgehead atoms. The van der Waals surface area contributed by atoms with Gasteiger partial charge in [-0.15, -0.1) is 10.2 Å². The second-order valence-electron chi connectivity index (χ2n) is 4.96. The molecule has 1 amide bonds. The lowest BCUT2D eigenvalue weighted by atomic mass is 10.2. The Morgan fingerprint density at radius 1 is 1.08 bits per heavy atom. The summed E-state index contributed by atoms with van der Waals surface area (Å²) in [7, 11) is 0. The van der Waals surface area contributed by atoms with E-state index in [1.165, 1.54) is 11.3 Å². The van der Waals surface area contributed by atoms with Gasteiger partial charge in [0.1, 0.15) is 0 Å². The molecule has 0 aliphatic carbocycles. The molecule has 0 fully saturated rings. The Morgan fingerprint density at radius 3 is 2.75 bits per heavy atom. The SMILES string of the molecule is O=C(Nc1nnc(-c2ccccc2Cl)s1)c1n[nH]c2ccccc12. The van der Waals surface area contributed by atoms with Crippen molar-refractivity contribution in [2.24, 2.45) is 0 Å². The number of benzene rings is 2. The lowest BCUT2D eigenvalue weighted by Crippen LogP contribution is -2.12. The number of para-hydroxylation sites is 1. The van der Waals surface area contributed by atoms with Gasteiger partial charge in [-0.25, -0.2) is 0 Å². The second kappa shape index (κ2) is 6.03. The van der Waals surface area contributed by atoms with Gasteiger partial charge in [0.15, 0.2) is 10.7 Å². The molecule has 0 radical (unpaired) electrons. The van der Waals surface area contributed by atoms with Gasteiger partial charge in [-0.2, -0.15) is 5.10 Å². The predicted octanol–water partition coefficient (Wildman–Crippen LogP) is 3.99. The first-order valence-electron chi connectivity index (χ1n) is 7.05. The molecule has 2 aromatic heterocycles. The Bertz CT molecular complexity index is 1040. The van der Waals surface area contributed by atoms with E-state index in [1.54, 1.807) is 6.07 Å². The molecule has 2 heterocycles. The fourth-order valence-corrected chi connectivity index (χ4v) is 3.37. The third-order valence-electron chi connectivity index (χ3n) is 3.44. The lowest BCUT2D eigenvalue weighted by molar-refractivity contribution is 0.102. The van der Waals surface area contributed by atoms with Gasteiger partial charge in [-0.05, 0) is 12.1 Å². The molecule has 2 N–H and O–H groups in total. The highest BCUT2D eigenvalue weighted by Crippen LogP contribution is 2.31. The topological polar surface area (TPSA) is 83.6 Å². The second-order valence-corrected chi connectivity index (χ2v) is 6.35. The summed E-state index contributed by atoms with van der Waals surface area (Å²) in [4.78, 5) is 12.4. The number of nitrogens with one attached hydrogen (secondary N) is 2. The van der Waals surface area contributed by atoms with E-state index in [2.05, 4.69) is 25.7 Å². The number of carbonyl (C=O) groups is 1. The zero-order valence-corrected chi connectivity index (χ0v) is 13.7. The summed E-state index contributed by atoms with van der Waals surface area (Å²) >= 11 is 7.41. The molecule has 2 aromatic carbocycles. The van der Waals surface area contributed by atoms with Crippen molar-refractivity contribution in [3.8, 4) is 10.6 Å². The van der Waals surface area contributed by atoms with E-state index in [9.17, 15) is 4.79 Å². The molecule has 8 heteroatoms. The van der Waals surface area contributed by atoms with Crippen LogP contribution >= 0.6 is 22.9 Å². The zero-order chi connectivity index (χ0) is 16.5. The Morgan fingerprint density at radius 2 is 1.88 bits per heavy atom. The highest BCUT2D eigenvalue weighted by Gasteiger charge is 2.17. The normalized spacial score (nSPS) is 10.9. The number of carbonyl (C=O) groups excluding carboxylic acids is 1. The van der Waals surface area contributed by atoms with Crippen LogP contribution in [0.4, 0.5) is 5.13 Å². The maximum Gasteiger partial charge on any atom is 0.278 e. The van der Waals surface area contributed by atoms with Gasteiger partial charge < -0.3 is 0 Å². The number of fused-ring (bicyclic) bond motifs is 1. The van der Waals surface area contributed by atoms with Crippen LogP contribution in [0.15, 0.2) is 48.5 Å². The molecule has 0 unspecified atom stereocenters. The average Bonchev–Trinajstić information content (AvgIpc) is 3.22. The summed E-state index contributed by atoms with van der Waals surface area (Å²) in [5.74, 6) is -0.339. The maximum atomic E-state index is 12.4. The summed E-state index contributed by atoms with van der Waals surface area (Å²) in [6, 6.07) is 14.8. The van der Waals surface area contributed by atoms with Crippen LogP contribution in [-0.2, 0) is 0 Å². The van der Waals surface area contributed by atoms with E-state index in [-0.39, 0.29) is 5.91 Å².